The van der Waals surface area contributed by atoms with Crippen LogP contribution < -0.4 is 14.4 Å². The first-order valence-corrected chi connectivity index (χ1v) is 13.1. The normalized spacial score (nSPS) is 17.3. The Morgan fingerprint density at radius 3 is 2.69 bits per heavy atom. The van der Waals surface area contributed by atoms with E-state index in [0.29, 0.717) is 16.8 Å². The number of benzene rings is 1. The Labute approximate surface area is 210 Å². The minimum Gasteiger partial charge on any atom is -0.473 e. The van der Waals surface area contributed by atoms with Gasteiger partial charge in [-0.25, -0.2) is 9.71 Å². The quantitative estimate of drug-likeness (QED) is 0.497. The van der Waals surface area contributed by atoms with Crippen LogP contribution >= 0.6 is 11.6 Å². The van der Waals surface area contributed by atoms with Crippen LogP contribution in [0.5, 0.6) is 5.88 Å². The molecule has 2 aromatic heterocycles. The van der Waals surface area contributed by atoms with Gasteiger partial charge in [0, 0.05) is 29.4 Å². The number of aromatic nitrogens is 2. The molecular weight excluding hydrogens is 488 g/mol. The van der Waals surface area contributed by atoms with E-state index in [1.807, 2.05) is 6.07 Å². The number of carbonyl (C=O) groups excluding carboxylic acids is 1. The van der Waals surface area contributed by atoms with Gasteiger partial charge in [0.05, 0.1) is 5.56 Å². The van der Waals surface area contributed by atoms with Crippen LogP contribution in [0.4, 0.5) is 5.82 Å². The summed E-state index contributed by atoms with van der Waals surface area (Å²) in [6.45, 7) is 7.20. The molecule has 1 amide bonds. The van der Waals surface area contributed by atoms with Crippen molar-refractivity contribution in [3.05, 3.63) is 76.9 Å². The van der Waals surface area contributed by atoms with Gasteiger partial charge in [-0.05, 0) is 62.1 Å². The van der Waals surface area contributed by atoms with E-state index in [-0.39, 0.29) is 28.6 Å². The van der Waals surface area contributed by atoms with Crippen molar-refractivity contribution in [2.24, 2.45) is 5.92 Å². The molecule has 1 unspecified atom stereocenters. The van der Waals surface area contributed by atoms with Crippen LogP contribution in [0.2, 0.25) is 5.02 Å². The van der Waals surface area contributed by atoms with Crippen LogP contribution in [-0.4, -0.2) is 36.4 Å². The smallest absolute Gasteiger partial charge is 0.281 e. The van der Waals surface area contributed by atoms with E-state index in [9.17, 15) is 13.2 Å². The summed E-state index contributed by atoms with van der Waals surface area (Å²) in [4.78, 5) is 23.7. The van der Waals surface area contributed by atoms with Crippen molar-refractivity contribution < 1.29 is 17.9 Å². The van der Waals surface area contributed by atoms with Crippen molar-refractivity contribution in [1.29, 1.82) is 0 Å². The van der Waals surface area contributed by atoms with Crippen LogP contribution in [0.1, 0.15) is 43.1 Å². The van der Waals surface area contributed by atoms with Gasteiger partial charge in [-0.1, -0.05) is 36.7 Å². The highest BCUT2D eigenvalue weighted by Gasteiger charge is 2.39. The first-order chi connectivity index (χ1) is 16.5. The van der Waals surface area contributed by atoms with Crippen molar-refractivity contribution in [1.82, 2.24) is 14.7 Å². The standard InChI is InChI=1S/C25H27ClN4O4S/c1-17-14-25(2,3)30(15-17)23-20(9-6-12-27-23)24(31)29-35(32,33)22-11-5-10-21(28-22)34-16-18-7-4-8-19(26)13-18/h4-13,17H,14-16H2,1-3H3,(H,29,31). The minimum absolute atomic E-state index is 0.107. The number of nitrogens with one attached hydrogen (secondary N) is 1. The molecule has 1 N–H and O–H groups in total. The second kappa shape index (κ2) is 9.83. The van der Waals surface area contributed by atoms with E-state index in [4.69, 9.17) is 16.3 Å². The number of pyridine rings is 2. The lowest BCUT2D eigenvalue weighted by Gasteiger charge is -2.33. The van der Waals surface area contributed by atoms with E-state index in [0.717, 1.165) is 18.5 Å². The van der Waals surface area contributed by atoms with Crippen LogP contribution in [0.3, 0.4) is 0 Å². The number of amides is 1. The average molecular weight is 515 g/mol. The fourth-order valence-electron chi connectivity index (χ4n) is 4.39. The second-order valence-corrected chi connectivity index (χ2v) is 11.3. The number of hydrogen-bond donors (Lipinski definition) is 1. The first kappa shape index (κ1) is 24.9. The van der Waals surface area contributed by atoms with E-state index in [2.05, 4.69) is 40.4 Å². The molecule has 10 heteroatoms. The highest BCUT2D eigenvalue weighted by Crippen LogP contribution is 2.37. The van der Waals surface area contributed by atoms with E-state index in [1.165, 1.54) is 12.1 Å². The largest absolute Gasteiger partial charge is 0.473 e. The summed E-state index contributed by atoms with van der Waals surface area (Å²) < 4.78 is 33.8. The molecular formula is C25H27ClN4O4S. The number of carbonyl (C=O) groups is 1. The number of halogens is 1. The molecule has 1 fully saturated rings. The zero-order valence-electron chi connectivity index (χ0n) is 19.7. The Hall–Kier alpha value is -3.17. The highest BCUT2D eigenvalue weighted by molar-refractivity contribution is 7.90. The number of ether oxygens (including phenoxy) is 1. The maximum atomic E-state index is 13.1. The predicted octanol–water partition coefficient (Wildman–Crippen LogP) is 4.45. The van der Waals surface area contributed by atoms with Crippen LogP contribution in [0.25, 0.3) is 0 Å². The first-order valence-electron chi connectivity index (χ1n) is 11.2. The Bertz CT molecular complexity index is 1350. The molecule has 3 heterocycles. The molecule has 1 aliphatic heterocycles. The molecule has 4 rings (SSSR count). The molecule has 0 bridgehead atoms. The van der Waals surface area contributed by atoms with Gasteiger partial charge < -0.3 is 9.64 Å². The molecule has 0 spiro atoms. The SMILES string of the molecule is CC1CN(c2ncccc2C(=O)NS(=O)(=O)c2cccc(OCc3cccc(Cl)c3)n2)C(C)(C)C1. The topological polar surface area (TPSA) is 101 Å². The highest BCUT2D eigenvalue weighted by atomic mass is 35.5. The van der Waals surface area contributed by atoms with Crippen molar-refractivity contribution in [2.75, 3.05) is 11.4 Å². The molecule has 184 valence electrons. The molecule has 1 aliphatic rings. The summed E-state index contributed by atoms with van der Waals surface area (Å²) in [6, 6.07) is 14.7. The van der Waals surface area contributed by atoms with Crippen molar-refractivity contribution in [3.8, 4) is 5.88 Å². The van der Waals surface area contributed by atoms with Crippen LogP contribution in [-0.2, 0) is 16.6 Å². The van der Waals surface area contributed by atoms with Crippen molar-refractivity contribution in [2.45, 2.75) is 44.4 Å². The van der Waals surface area contributed by atoms with Crippen molar-refractivity contribution in [3.63, 3.8) is 0 Å². The molecule has 1 atom stereocenters. The molecule has 1 saturated heterocycles. The van der Waals surface area contributed by atoms with Gasteiger partial charge in [0.25, 0.3) is 15.9 Å². The van der Waals surface area contributed by atoms with Gasteiger partial charge in [0.1, 0.15) is 12.4 Å². The predicted molar refractivity (Wildman–Crippen MR) is 134 cm³/mol. The minimum atomic E-state index is -4.26. The molecule has 1 aromatic carbocycles. The van der Waals surface area contributed by atoms with Crippen LogP contribution in [0, 0.1) is 5.92 Å². The van der Waals surface area contributed by atoms with Gasteiger partial charge in [-0.2, -0.15) is 13.4 Å². The third-order valence-electron chi connectivity index (χ3n) is 5.84. The molecule has 0 saturated carbocycles. The molecule has 35 heavy (non-hydrogen) atoms. The third-order valence-corrected chi connectivity index (χ3v) is 7.30. The van der Waals surface area contributed by atoms with Gasteiger partial charge in [0.2, 0.25) is 5.88 Å². The van der Waals surface area contributed by atoms with E-state index in [1.54, 1.807) is 42.6 Å². The third kappa shape index (κ3) is 5.74. The van der Waals surface area contributed by atoms with E-state index >= 15 is 0 Å². The summed E-state index contributed by atoms with van der Waals surface area (Å²) in [5.74, 6) is 0.220. The summed E-state index contributed by atoms with van der Waals surface area (Å²) in [6.07, 6.45) is 2.54. The molecule has 0 radical (unpaired) electrons. The zero-order chi connectivity index (χ0) is 25.2. The molecule has 8 nitrogen and oxygen atoms in total. The van der Waals surface area contributed by atoms with Gasteiger partial charge >= 0.3 is 0 Å². The lowest BCUT2D eigenvalue weighted by atomic mass is 9.97. The van der Waals surface area contributed by atoms with Crippen molar-refractivity contribution >= 4 is 33.3 Å². The number of rotatable bonds is 7. The van der Waals surface area contributed by atoms with Gasteiger partial charge in [-0.15, -0.1) is 0 Å². The van der Waals surface area contributed by atoms with Gasteiger partial charge in [-0.3, -0.25) is 4.79 Å². The zero-order valence-corrected chi connectivity index (χ0v) is 21.3. The lowest BCUT2D eigenvalue weighted by molar-refractivity contribution is 0.0981. The summed E-state index contributed by atoms with van der Waals surface area (Å²) in [7, 11) is -4.26. The summed E-state index contributed by atoms with van der Waals surface area (Å²) in [5.41, 5.74) is 0.786. The Balaban J connectivity index is 1.52. The van der Waals surface area contributed by atoms with E-state index < -0.39 is 15.9 Å². The number of sulfonamides is 1. The summed E-state index contributed by atoms with van der Waals surface area (Å²) in [5, 5.41) is 0.245. The van der Waals surface area contributed by atoms with Gasteiger partial charge in [0.15, 0.2) is 5.03 Å². The Morgan fingerprint density at radius 2 is 1.97 bits per heavy atom. The maximum Gasteiger partial charge on any atom is 0.281 e. The lowest BCUT2D eigenvalue weighted by Crippen LogP contribution is -2.41. The molecule has 0 aliphatic carbocycles. The van der Waals surface area contributed by atoms with Crippen LogP contribution in [0.15, 0.2) is 65.8 Å². The monoisotopic (exact) mass is 514 g/mol. The number of anilines is 1. The molecule has 3 aromatic rings. The number of nitrogens with zero attached hydrogens (tertiary/aromatic N) is 3. The fraction of sp³-hybridized carbons (Fsp3) is 0.320. The Morgan fingerprint density at radius 1 is 1.20 bits per heavy atom. The number of hydrogen-bond acceptors (Lipinski definition) is 7. The maximum absolute atomic E-state index is 13.1. The Kier molecular flexibility index (Phi) is 7.00. The second-order valence-electron chi connectivity index (χ2n) is 9.27. The average Bonchev–Trinajstić information content (AvgIpc) is 3.09. The fourth-order valence-corrected chi connectivity index (χ4v) is 5.53. The summed E-state index contributed by atoms with van der Waals surface area (Å²) >= 11 is 5.99.